The summed E-state index contributed by atoms with van der Waals surface area (Å²) in [4.78, 5) is 151. The molecule has 5 aliphatic heterocycles. The summed E-state index contributed by atoms with van der Waals surface area (Å²) in [5.74, 6) is -0.595. The van der Waals surface area contributed by atoms with Gasteiger partial charge in [0.2, 0.25) is 5.95 Å². The van der Waals surface area contributed by atoms with Gasteiger partial charge in [-0.1, -0.05) is 0 Å². The Bertz CT molecular complexity index is 4740. The van der Waals surface area contributed by atoms with Crippen LogP contribution in [0.4, 0.5) is 11.8 Å². The summed E-state index contributed by atoms with van der Waals surface area (Å²) in [5.41, 5.74) is 3.61. The van der Waals surface area contributed by atoms with Gasteiger partial charge in [0.25, 0.3) is 22.2 Å². The number of aromatic amines is 4. The second-order valence-electron chi connectivity index (χ2n) is 22.2. The van der Waals surface area contributed by atoms with Crippen molar-refractivity contribution in [3.8, 4) is 0 Å². The van der Waals surface area contributed by atoms with Gasteiger partial charge in [-0.25, -0.2) is 37.6 Å². The van der Waals surface area contributed by atoms with E-state index in [1.54, 1.807) is 0 Å². The fourth-order valence-electron chi connectivity index (χ4n) is 11.0. The Morgan fingerprint density at radius 3 is 1.27 bits per heavy atom. The minimum absolute atomic E-state index is 0.216. The van der Waals surface area contributed by atoms with Crippen LogP contribution in [0.5, 0.6) is 0 Å². The third-order valence-electron chi connectivity index (χ3n) is 15.6. The maximum atomic E-state index is 14.1. The fourth-order valence-corrected chi connectivity index (χ4v) is 15.1. The number of nitrogens with two attached hydrogens (primary N) is 2. The zero-order chi connectivity index (χ0) is 72.4. The number of H-pyrrole nitrogens is 4. The van der Waals surface area contributed by atoms with Gasteiger partial charge in [-0.3, -0.25) is 98.1 Å². The second-order valence-corrected chi connectivity index (χ2v) is 28.2. The SMILES string of the molecule is Nc1ccn([C@@H]2O[C@H](COP(=O)(O)O[C@H]3[C@@H](O)[C@H](n4ccc(=O)[nH]c4=O)O[C@@H]3COP(=O)(O)O[C@H]3[C@@H](O)[C@H](n4ccc(=O)[nH]c4=O)O[C@@H]3COP(=O)(O)O[C@H]3[C@@H](O)[C@H](n4ccc(=O)[nH]c4=S)O[C@@H]3COP(=O)(O)O[C@H]3[C@@H](O)[C@H](n4cnc5c(=O)[nH]c(N)nc54)O[C@@H]3CO)[C@@H](O)[C@H]2O)c(=O)n1. The summed E-state index contributed by atoms with van der Waals surface area (Å²) >= 11 is 5.20. The molecule has 0 spiro atoms. The number of aromatic nitrogens is 12. The normalized spacial score (nSPS) is 33.1. The van der Waals surface area contributed by atoms with Crippen molar-refractivity contribution in [3.63, 3.8) is 0 Å². The van der Waals surface area contributed by atoms with Crippen LogP contribution in [0.25, 0.3) is 11.2 Å². The van der Waals surface area contributed by atoms with E-state index in [4.69, 9.17) is 83.6 Å². The van der Waals surface area contributed by atoms with E-state index >= 15 is 0 Å². The molecule has 49 nitrogen and oxygen atoms in total. The third-order valence-corrected chi connectivity index (χ3v) is 19.9. The number of hydrogen-bond acceptors (Lipinski definition) is 37. The van der Waals surface area contributed by atoms with Crippen LogP contribution in [0.1, 0.15) is 31.1 Å². The lowest BCUT2D eigenvalue weighted by Gasteiger charge is -2.27. The largest absolute Gasteiger partial charge is 0.472 e. The van der Waals surface area contributed by atoms with E-state index in [0.717, 1.165) is 69.1 Å². The van der Waals surface area contributed by atoms with Crippen molar-refractivity contribution in [1.82, 2.24) is 57.7 Å². The van der Waals surface area contributed by atoms with Crippen molar-refractivity contribution in [2.75, 3.05) is 44.5 Å². The maximum Gasteiger partial charge on any atom is 0.472 e. The number of imidazole rings is 1. The number of ether oxygens (including phenoxy) is 5. The van der Waals surface area contributed by atoms with Crippen LogP contribution in [0.2, 0.25) is 0 Å². The molecule has 5 saturated heterocycles. The zero-order valence-corrected chi connectivity index (χ0v) is 54.3. The number of nitrogen functional groups attached to an aromatic ring is 2. The van der Waals surface area contributed by atoms with Crippen LogP contribution < -0.4 is 50.8 Å². The third kappa shape index (κ3) is 15.9. The molecule has 548 valence electrons. The molecule has 5 fully saturated rings. The van der Waals surface area contributed by atoms with E-state index in [1.165, 1.54) is 0 Å². The van der Waals surface area contributed by atoms with Crippen molar-refractivity contribution < 1.29 is 133 Å². The molecule has 0 bridgehead atoms. The Hall–Kier alpha value is -6.75. The summed E-state index contributed by atoms with van der Waals surface area (Å²) in [7, 11) is -23.0. The molecule has 19 N–H and O–H groups in total. The molecule has 4 unspecified atom stereocenters. The Balaban J connectivity index is 0.795. The maximum absolute atomic E-state index is 14.1. The van der Waals surface area contributed by atoms with Crippen LogP contribution in [-0.2, 0) is 78.1 Å². The first kappa shape index (κ1) is 74.4. The lowest BCUT2D eigenvalue weighted by atomic mass is 10.1. The van der Waals surface area contributed by atoms with E-state index in [9.17, 15) is 107 Å². The average molecular weight is 1520 g/mol. The number of anilines is 2. The van der Waals surface area contributed by atoms with Gasteiger partial charge in [0, 0.05) is 43.0 Å². The lowest BCUT2D eigenvalue weighted by Crippen LogP contribution is -2.39. The smallest absolute Gasteiger partial charge is 0.394 e. The fraction of sp³-hybridized carbons (Fsp3) is 0.543. The summed E-state index contributed by atoms with van der Waals surface area (Å²) in [6.07, 6.45) is -35.8. The quantitative estimate of drug-likeness (QED) is 0.0177. The zero-order valence-electron chi connectivity index (χ0n) is 49.9. The molecule has 0 saturated carbocycles. The summed E-state index contributed by atoms with van der Waals surface area (Å²) in [5, 5.41) is 77.8. The highest BCUT2D eigenvalue weighted by atomic mass is 32.1. The van der Waals surface area contributed by atoms with Crippen LogP contribution >= 0.6 is 43.5 Å². The minimum atomic E-state index is -5.91. The van der Waals surface area contributed by atoms with Crippen LogP contribution in [0.15, 0.2) is 88.9 Å². The Labute approximate surface area is 556 Å². The number of hydrogen-bond donors (Lipinski definition) is 17. The molecule has 0 amide bonds. The van der Waals surface area contributed by atoms with Crippen LogP contribution in [0.3, 0.4) is 0 Å². The van der Waals surface area contributed by atoms with Gasteiger partial charge in [-0.15, -0.1) is 0 Å². The Kier molecular flexibility index (Phi) is 21.7. The van der Waals surface area contributed by atoms with Crippen molar-refractivity contribution in [2.45, 2.75) is 123 Å². The molecule has 6 aromatic rings. The van der Waals surface area contributed by atoms with Crippen molar-refractivity contribution in [3.05, 3.63) is 133 Å². The molecule has 100 heavy (non-hydrogen) atoms. The molecule has 11 rings (SSSR count). The van der Waals surface area contributed by atoms with Gasteiger partial charge in [0.05, 0.1) is 39.4 Å². The van der Waals surface area contributed by atoms with E-state index in [1.807, 2.05) is 9.97 Å². The molecule has 0 aromatic carbocycles. The highest BCUT2D eigenvalue weighted by molar-refractivity contribution is 7.71. The van der Waals surface area contributed by atoms with Crippen molar-refractivity contribution >= 4 is 66.4 Å². The standard InChI is InChI=1S/C46H58N14O35P4S/c47-20-1-5-56(43(72)50-20)37-26(66)25(65)16(88-37)10-83-96(75,76)93-32-17(89-38(28(32)68)57-6-2-21(62)51-44(57)73)11-85-98(79,80)94-33-18(90-39(29(33)69)58-7-3-22(63)52-45(58)74)12-86-99(81,82)95-34-19(91-40(30(34)70)59-8-4-23(64)53-46(59)100)13-84-97(77,78)92-31-15(9-61)87-41(27(31)67)60-14-49-24-35(60)54-42(48)55-36(24)71/h1-8,14-19,25-34,37-41,61,65-70H,9-13H2,(H,75,76)(H,77,78)(H,79,80)(H,81,82)(H2,47,50,72)(H,51,62,73)(H,52,63,74)(H,53,64,100)(H3,48,54,55,71)/t15-,16-,17-,18-,19-,25-,26-,27-,28-,29-,30-,31-,32-,33-,34-,37-,38-,39-,40-,41-/m1/s1. The van der Waals surface area contributed by atoms with Gasteiger partial charge in [-0.05, 0) is 18.3 Å². The number of rotatable bonds is 26. The lowest BCUT2D eigenvalue weighted by molar-refractivity contribution is -0.0664. The van der Waals surface area contributed by atoms with Crippen LogP contribution in [0, 0.1) is 4.77 Å². The Morgan fingerprint density at radius 1 is 0.470 bits per heavy atom. The van der Waals surface area contributed by atoms with Crippen molar-refractivity contribution in [2.24, 2.45) is 0 Å². The molecule has 6 aromatic heterocycles. The van der Waals surface area contributed by atoms with Gasteiger partial charge in [-0.2, -0.15) is 9.97 Å². The number of aliphatic hydroxyl groups excluding tert-OH is 7. The van der Waals surface area contributed by atoms with E-state index in [2.05, 4.69) is 24.9 Å². The first-order chi connectivity index (χ1) is 47.0. The molecule has 11 heterocycles. The Morgan fingerprint density at radius 2 is 0.840 bits per heavy atom. The second kappa shape index (κ2) is 29.2. The molecular weight excluding hydrogens is 1460 g/mol. The molecule has 54 heteroatoms. The number of phosphoric acid groups is 4. The van der Waals surface area contributed by atoms with Gasteiger partial charge >= 0.3 is 48.4 Å². The van der Waals surface area contributed by atoms with E-state index < -0.39 is 231 Å². The minimum Gasteiger partial charge on any atom is -0.394 e. The van der Waals surface area contributed by atoms with E-state index in [0.29, 0.717) is 9.13 Å². The summed E-state index contributed by atoms with van der Waals surface area (Å²) in [6, 6.07) is 3.58. The molecule has 0 aliphatic carbocycles. The number of aliphatic hydroxyl groups is 7. The first-order valence-corrected chi connectivity index (χ1v) is 35.0. The predicted octanol–water partition coefficient (Wildman–Crippen LogP) is -7.79. The average Bonchev–Trinajstić information content (AvgIpc) is 1.63. The monoisotopic (exact) mass is 1520 g/mol. The van der Waals surface area contributed by atoms with Gasteiger partial charge in [0.15, 0.2) is 47.1 Å². The predicted molar refractivity (Wildman–Crippen MR) is 319 cm³/mol. The highest BCUT2D eigenvalue weighted by Crippen LogP contribution is 2.55. The molecule has 5 aliphatic rings. The van der Waals surface area contributed by atoms with Gasteiger partial charge in [0.1, 0.15) is 97.4 Å². The summed E-state index contributed by atoms with van der Waals surface area (Å²) in [6.45, 7) is -6.20. The highest BCUT2D eigenvalue weighted by Gasteiger charge is 2.56. The van der Waals surface area contributed by atoms with E-state index in [-0.39, 0.29) is 22.9 Å². The molecule has 0 radical (unpaired) electrons. The first-order valence-electron chi connectivity index (χ1n) is 28.6. The van der Waals surface area contributed by atoms with Crippen LogP contribution in [-0.4, -0.2) is 238 Å². The number of fused-ring (bicyclic) bond motifs is 1. The number of phosphoric ester groups is 4. The van der Waals surface area contributed by atoms with Gasteiger partial charge < -0.3 is 90.5 Å². The summed E-state index contributed by atoms with van der Waals surface area (Å²) < 4.78 is 129. The topological polar surface area (TPSA) is 709 Å². The molecular formula is C46H58N14O35P4S. The molecule has 24 atom stereocenters. The number of nitrogens with zero attached hydrogens (tertiary/aromatic N) is 8. The van der Waals surface area contributed by atoms with Crippen molar-refractivity contribution in [1.29, 1.82) is 0 Å². The number of nitrogens with one attached hydrogen (secondary N) is 4.